The van der Waals surface area contributed by atoms with Crippen molar-refractivity contribution >= 4 is 17.6 Å². The molecular formula is C25H32N2O3. The molecule has 0 saturated carbocycles. The average Bonchev–Trinajstić information content (AvgIpc) is 2.71. The first-order valence-electron chi connectivity index (χ1n) is 10.4. The Kier molecular flexibility index (Phi) is 8.34. The van der Waals surface area contributed by atoms with E-state index in [-0.39, 0.29) is 29.4 Å². The summed E-state index contributed by atoms with van der Waals surface area (Å²) >= 11 is 0. The minimum atomic E-state index is -0.506. The van der Waals surface area contributed by atoms with Crippen molar-refractivity contribution in [2.24, 2.45) is 11.8 Å². The van der Waals surface area contributed by atoms with Gasteiger partial charge in [0.2, 0.25) is 11.8 Å². The van der Waals surface area contributed by atoms with Crippen LogP contribution in [0.3, 0.4) is 0 Å². The van der Waals surface area contributed by atoms with E-state index in [4.69, 9.17) is 0 Å². The Bertz CT molecular complexity index is 868. The van der Waals surface area contributed by atoms with Crippen molar-refractivity contribution in [2.45, 2.75) is 53.6 Å². The van der Waals surface area contributed by atoms with E-state index in [1.807, 2.05) is 76.2 Å². The van der Waals surface area contributed by atoms with Crippen LogP contribution in [0.5, 0.6) is 0 Å². The molecule has 0 heterocycles. The van der Waals surface area contributed by atoms with Crippen molar-refractivity contribution < 1.29 is 14.4 Å². The first-order valence-corrected chi connectivity index (χ1v) is 10.4. The van der Waals surface area contributed by atoms with Crippen LogP contribution in [-0.4, -0.2) is 23.6 Å². The molecule has 0 aliphatic rings. The molecule has 2 N–H and O–H groups in total. The van der Waals surface area contributed by atoms with E-state index >= 15 is 0 Å². The zero-order valence-corrected chi connectivity index (χ0v) is 18.5. The topological polar surface area (TPSA) is 75.3 Å². The fourth-order valence-corrected chi connectivity index (χ4v) is 3.15. The predicted molar refractivity (Wildman–Crippen MR) is 120 cm³/mol. The van der Waals surface area contributed by atoms with Gasteiger partial charge in [0, 0.05) is 25.3 Å². The van der Waals surface area contributed by atoms with Crippen LogP contribution in [0.15, 0.2) is 48.5 Å². The summed E-state index contributed by atoms with van der Waals surface area (Å²) in [6.45, 7) is 9.39. The molecule has 1 atom stereocenters. The number of carbonyl (C=O) groups excluding carboxylic acids is 3. The maximum Gasteiger partial charge on any atom is 0.222 e. The van der Waals surface area contributed by atoms with Crippen molar-refractivity contribution in [3.05, 3.63) is 59.7 Å². The molecule has 0 radical (unpaired) electrons. The van der Waals surface area contributed by atoms with Gasteiger partial charge < -0.3 is 10.6 Å². The molecule has 0 bridgehead atoms. The Hall–Kier alpha value is -2.95. The largest absolute Gasteiger partial charge is 0.352 e. The third-order valence-corrected chi connectivity index (χ3v) is 4.96. The second-order valence-electron chi connectivity index (χ2n) is 8.28. The van der Waals surface area contributed by atoms with Crippen LogP contribution >= 0.6 is 0 Å². The summed E-state index contributed by atoms with van der Waals surface area (Å²) in [4.78, 5) is 35.6. The molecule has 5 nitrogen and oxygen atoms in total. The Morgan fingerprint density at radius 1 is 0.767 bits per heavy atom. The predicted octanol–water partition coefficient (Wildman–Crippen LogP) is 3.90. The normalized spacial score (nSPS) is 12.0. The summed E-state index contributed by atoms with van der Waals surface area (Å²) in [5, 5.41) is 5.69. The SMILES string of the molecule is CC(=O)N[C@@H](Cc1ccc(-c2ccc(CNC(=O)C(C)C)cc2)cc1)C(=O)C(C)C. The van der Waals surface area contributed by atoms with Crippen molar-refractivity contribution in [2.75, 3.05) is 0 Å². The molecule has 2 aromatic rings. The molecule has 0 fully saturated rings. The fraction of sp³-hybridized carbons (Fsp3) is 0.400. The van der Waals surface area contributed by atoms with Gasteiger partial charge in [-0.2, -0.15) is 0 Å². The van der Waals surface area contributed by atoms with E-state index in [0.29, 0.717) is 13.0 Å². The van der Waals surface area contributed by atoms with Crippen LogP contribution in [0.25, 0.3) is 11.1 Å². The molecule has 2 amide bonds. The van der Waals surface area contributed by atoms with Crippen LogP contribution in [0.1, 0.15) is 45.7 Å². The minimum Gasteiger partial charge on any atom is -0.352 e. The summed E-state index contributed by atoms with van der Waals surface area (Å²) in [5.41, 5.74) is 4.20. The van der Waals surface area contributed by atoms with Gasteiger partial charge >= 0.3 is 0 Å². The monoisotopic (exact) mass is 408 g/mol. The maximum atomic E-state index is 12.4. The molecule has 0 spiro atoms. The quantitative estimate of drug-likeness (QED) is 0.661. The number of carbonyl (C=O) groups is 3. The molecule has 0 aliphatic carbocycles. The minimum absolute atomic E-state index is 0.0242. The number of nitrogens with one attached hydrogen (secondary N) is 2. The molecule has 0 aliphatic heterocycles. The van der Waals surface area contributed by atoms with Gasteiger partial charge in [-0.25, -0.2) is 0 Å². The van der Waals surface area contributed by atoms with E-state index < -0.39 is 6.04 Å². The lowest BCUT2D eigenvalue weighted by Gasteiger charge is -2.19. The van der Waals surface area contributed by atoms with Crippen molar-refractivity contribution in [1.29, 1.82) is 0 Å². The van der Waals surface area contributed by atoms with Crippen molar-refractivity contribution in [3.63, 3.8) is 0 Å². The van der Waals surface area contributed by atoms with E-state index in [0.717, 1.165) is 22.3 Å². The number of benzene rings is 2. The van der Waals surface area contributed by atoms with Gasteiger partial charge in [-0.15, -0.1) is 0 Å². The van der Waals surface area contributed by atoms with Crippen LogP contribution < -0.4 is 10.6 Å². The van der Waals surface area contributed by atoms with Gasteiger partial charge in [-0.1, -0.05) is 76.2 Å². The number of hydrogen-bond donors (Lipinski definition) is 2. The van der Waals surface area contributed by atoms with Gasteiger partial charge in [-0.3, -0.25) is 14.4 Å². The number of rotatable bonds is 9. The highest BCUT2D eigenvalue weighted by atomic mass is 16.2. The molecule has 160 valence electrons. The molecule has 5 heteroatoms. The van der Waals surface area contributed by atoms with Crippen LogP contribution in [0.2, 0.25) is 0 Å². The Morgan fingerprint density at radius 2 is 1.27 bits per heavy atom. The summed E-state index contributed by atoms with van der Waals surface area (Å²) in [7, 11) is 0. The molecule has 0 aromatic heterocycles. The molecule has 0 saturated heterocycles. The van der Waals surface area contributed by atoms with Gasteiger partial charge in [-0.05, 0) is 28.7 Å². The fourth-order valence-electron chi connectivity index (χ4n) is 3.15. The van der Waals surface area contributed by atoms with Crippen molar-refractivity contribution in [3.8, 4) is 11.1 Å². The Balaban J connectivity index is 2.04. The summed E-state index contributed by atoms with van der Waals surface area (Å²) < 4.78 is 0. The third-order valence-electron chi connectivity index (χ3n) is 4.96. The Morgan fingerprint density at radius 3 is 1.70 bits per heavy atom. The Labute approximate surface area is 179 Å². The van der Waals surface area contributed by atoms with Gasteiger partial charge in [0.25, 0.3) is 0 Å². The van der Waals surface area contributed by atoms with Crippen LogP contribution in [0.4, 0.5) is 0 Å². The molecule has 0 unspecified atom stereocenters. The molecular weight excluding hydrogens is 376 g/mol. The third kappa shape index (κ3) is 6.83. The number of amides is 2. The lowest BCUT2D eigenvalue weighted by Crippen LogP contribution is -2.43. The summed E-state index contributed by atoms with van der Waals surface area (Å²) in [6, 6.07) is 15.6. The van der Waals surface area contributed by atoms with E-state index in [9.17, 15) is 14.4 Å². The number of ketones is 1. The van der Waals surface area contributed by atoms with Crippen LogP contribution in [-0.2, 0) is 27.3 Å². The first kappa shape index (κ1) is 23.3. The summed E-state index contributed by atoms with van der Waals surface area (Å²) in [5.74, 6) is -0.276. The smallest absolute Gasteiger partial charge is 0.222 e. The highest BCUT2D eigenvalue weighted by Crippen LogP contribution is 2.21. The molecule has 2 aromatic carbocycles. The number of Topliss-reactive ketones (excluding diaryl/α,β-unsaturated/α-hetero) is 1. The lowest BCUT2D eigenvalue weighted by atomic mass is 9.94. The summed E-state index contributed by atoms with van der Waals surface area (Å²) in [6.07, 6.45) is 0.478. The number of hydrogen-bond acceptors (Lipinski definition) is 3. The molecule has 30 heavy (non-hydrogen) atoms. The van der Waals surface area contributed by atoms with Crippen molar-refractivity contribution in [1.82, 2.24) is 10.6 Å². The average molecular weight is 409 g/mol. The lowest BCUT2D eigenvalue weighted by molar-refractivity contribution is -0.128. The van der Waals surface area contributed by atoms with Gasteiger partial charge in [0.05, 0.1) is 6.04 Å². The van der Waals surface area contributed by atoms with Crippen LogP contribution in [0, 0.1) is 11.8 Å². The second-order valence-corrected chi connectivity index (χ2v) is 8.28. The van der Waals surface area contributed by atoms with E-state index in [1.165, 1.54) is 6.92 Å². The van der Waals surface area contributed by atoms with E-state index in [1.54, 1.807) is 0 Å². The van der Waals surface area contributed by atoms with Gasteiger partial charge in [0.15, 0.2) is 5.78 Å². The highest BCUT2D eigenvalue weighted by Gasteiger charge is 2.22. The zero-order valence-electron chi connectivity index (χ0n) is 18.5. The molecule has 2 rings (SSSR count). The van der Waals surface area contributed by atoms with E-state index in [2.05, 4.69) is 10.6 Å². The van der Waals surface area contributed by atoms with Gasteiger partial charge in [0.1, 0.15) is 0 Å². The second kappa shape index (κ2) is 10.7. The zero-order chi connectivity index (χ0) is 22.3. The highest BCUT2D eigenvalue weighted by molar-refractivity contribution is 5.89. The first-order chi connectivity index (χ1) is 14.2. The maximum absolute atomic E-state index is 12.4. The standard InChI is InChI=1S/C25H32N2O3/c1-16(2)24(29)23(27-18(5)28)14-19-6-10-21(11-7-19)22-12-8-20(9-13-22)15-26-25(30)17(3)4/h6-13,16-17,23H,14-15H2,1-5H3,(H,26,30)(H,27,28)/t23-/m0/s1.